The Labute approximate surface area is 220 Å². The van der Waals surface area contributed by atoms with E-state index in [4.69, 9.17) is 14.7 Å². The van der Waals surface area contributed by atoms with Crippen molar-refractivity contribution in [2.24, 2.45) is 5.10 Å². The number of hydrazone groups is 1. The number of imidazole rings is 1. The van der Waals surface area contributed by atoms with Crippen LogP contribution in [0.15, 0.2) is 35.4 Å². The summed E-state index contributed by atoms with van der Waals surface area (Å²) in [5, 5.41) is 9.10. The Morgan fingerprint density at radius 1 is 1.18 bits per heavy atom. The molecule has 0 aliphatic carbocycles. The van der Waals surface area contributed by atoms with Crippen molar-refractivity contribution >= 4 is 40.2 Å². The molecule has 2 aromatic heterocycles. The number of carbonyl (C=O) groups is 2. The molecule has 0 saturated carbocycles. The number of pyridine rings is 1. The maximum absolute atomic E-state index is 13.1. The third kappa shape index (κ3) is 4.99. The van der Waals surface area contributed by atoms with Gasteiger partial charge in [-0.1, -0.05) is 29.8 Å². The van der Waals surface area contributed by atoms with Crippen LogP contribution >= 0.6 is 0 Å². The Kier molecular flexibility index (Phi) is 6.54. The number of amides is 2. The van der Waals surface area contributed by atoms with Gasteiger partial charge in [-0.15, -0.1) is 0 Å². The lowest BCUT2D eigenvalue weighted by atomic mass is 10.1. The molecule has 2 saturated heterocycles. The predicted octanol–water partition coefficient (Wildman–Crippen LogP) is 1.95. The highest BCUT2D eigenvalue weighted by molar-refractivity contribution is 6.19. The summed E-state index contributed by atoms with van der Waals surface area (Å²) in [7, 11) is 0. The molecule has 1 aromatic carbocycles. The molecular formula is C27H32N8O3. The Morgan fingerprint density at radius 3 is 2.82 bits per heavy atom. The number of H-pyrrole nitrogens is 1. The first-order valence-corrected chi connectivity index (χ1v) is 13.1. The number of ether oxygens (including phenoxy) is 1. The van der Waals surface area contributed by atoms with Crippen molar-refractivity contribution < 1.29 is 14.3 Å². The highest BCUT2D eigenvalue weighted by Crippen LogP contribution is 2.32. The number of aromatic nitrogens is 3. The fraction of sp³-hybridized carbons (Fsp3) is 0.444. The van der Waals surface area contributed by atoms with Crippen LogP contribution in [0.4, 0.5) is 11.5 Å². The number of aryl methyl sites for hydroxylation is 1. The standard InChI is InChI=1S/C27H32N8O3/c1-17-4-3-5-19(12-17)21-13-25(37)35(32-21)24-14-22(34-8-10-38-11-9-34)26-27(31-24)30-23(29-26)16-33-7-6-20(15-33)28-18(2)36/h3-5,12,14,20H,6-11,13,15-16H2,1-2H3,(H,28,36)(H,29,30,31). The fourth-order valence-corrected chi connectivity index (χ4v) is 5.43. The molecule has 198 valence electrons. The molecule has 5 heterocycles. The van der Waals surface area contributed by atoms with Crippen molar-refractivity contribution in [2.75, 3.05) is 49.3 Å². The normalized spacial score (nSPS) is 20.4. The minimum atomic E-state index is -0.113. The van der Waals surface area contributed by atoms with Crippen LogP contribution in [0.5, 0.6) is 0 Å². The lowest BCUT2D eigenvalue weighted by molar-refractivity contribution is -0.119. The van der Waals surface area contributed by atoms with E-state index in [1.165, 1.54) is 5.01 Å². The van der Waals surface area contributed by atoms with E-state index in [1.54, 1.807) is 6.92 Å². The number of nitrogens with zero attached hydrogens (tertiary/aromatic N) is 6. The second kappa shape index (κ2) is 10.1. The number of fused-ring (bicyclic) bond motifs is 1. The zero-order valence-corrected chi connectivity index (χ0v) is 21.7. The highest BCUT2D eigenvalue weighted by Gasteiger charge is 2.30. The van der Waals surface area contributed by atoms with E-state index in [2.05, 4.69) is 25.2 Å². The van der Waals surface area contributed by atoms with E-state index in [1.807, 2.05) is 37.3 Å². The summed E-state index contributed by atoms with van der Waals surface area (Å²) < 4.78 is 5.58. The van der Waals surface area contributed by atoms with Gasteiger partial charge in [-0.05, 0) is 18.9 Å². The molecule has 11 heteroatoms. The molecule has 38 heavy (non-hydrogen) atoms. The van der Waals surface area contributed by atoms with E-state index in [9.17, 15) is 9.59 Å². The lowest BCUT2D eigenvalue weighted by Gasteiger charge is -2.29. The van der Waals surface area contributed by atoms with E-state index < -0.39 is 0 Å². The Morgan fingerprint density at radius 2 is 2.03 bits per heavy atom. The van der Waals surface area contributed by atoms with Gasteiger partial charge in [0.25, 0.3) is 5.91 Å². The van der Waals surface area contributed by atoms with Gasteiger partial charge in [-0.2, -0.15) is 10.1 Å². The molecule has 3 aliphatic heterocycles. The molecule has 0 radical (unpaired) electrons. The largest absolute Gasteiger partial charge is 0.378 e. The molecule has 1 unspecified atom stereocenters. The summed E-state index contributed by atoms with van der Waals surface area (Å²) in [6.45, 7) is 8.62. The van der Waals surface area contributed by atoms with Gasteiger partial charge in [-0.25, -0.2) is 9.97 Å². The molecule has 11 nitrogen and oxygen atoms in total. The first kappa shape index (κ1) is 24.5. The first-order chi connectivity index (χ1) is 18.4. The maximum atomic E-state index is 13.1. The number of likely N-dealkylation sites (tertiary alicyclic amines) is 1. The van der Waals surface area contributed by atoms with E-state index in [0.29, 0.717) is 31.2 Å². The van der Waals surface area contributed by atoms with Gasteiger partial charge < -0.3 is 19.9 Å². The number of benzene rings is 1. The van der Waals surface area contributed by atoms with Crippen molar-refractivity contribution in [3.05, 3.63) is 47.3 Å². The molecule has 3 aliphatic rings. The number of hydrogen-bond donors (Lipinski definition) is 2. The van der Waals surface area contributed by atoms with Gasteiger partial charge in [-0.3, -0.25) is 14.5 Å². The number of anilines is 2. The summed E-state index contributed by atoms with van der Waals surface area (Å²) in [4.78, 5) is 42.1. The van der Waals surface area contributed by atoms with Crippen LogP contribution in [-0.4, -0.2) is 82.8 Å². The summed E-state index contributed by atoms with van der Waals surface area (Å²) in [6.07, 6.45) is 1.14. The number of hydrogen-bond acceptors (Lipinski definition) is 8. The van der Waals surface area contributed by atoms with E-state index in [-0.39, 0.29) is 24.3 Å². The summed E-state index contributed by atoms with van der Waals surface area (Å²) in [5.41, 5.74) is 5.15. The predicted molar refractivity (Wildman–Crippen MR) is 144 cm³/mol. The van der Waals surface area contributed by atoms with Crippen molar-refractivity contribution in [1.29, 1.82) is 0 Å². The van der Waals surface area contributed by atoms with Crippen molar-refractivity contribution in [3.8, 4) is 0 Å². The first-order valence-electron chi connectivity index (χ1n) is 13.1. The van der Waals surface area contributed by atoms with Crippen molar-refractivity contribution in [3.63, 3.8) is 0 Å². The van der Waals surface area contributed by atoms with Gasteiger partial charge in [0.2, 0.25) is 5.91 Å². The van der Waals surface area contributed by atoms with E-state index >= 15 is 0 Å². The molecule has 6 rings (SSSR count). The monoisotopic (exact) mass is 516 g/mol. The SMILES string of the molecule is CC(=O)NC1CCN(Cc2nc3nc(N4N=C(c5cccc(C)c5)CC4=O)cc(N4CCOCC4)c3[nH]2)C1. The van der Waals surface area contributed by atoms with Crippen LogP contribution in [-0.2, 0) is 20.9 Å². The minimum absolute atomic E-state index is 0.00264. The van der Waals surface area contributed by atoms with Crippen LogP contribution in [0, 0.1) is 6.92 Å². The second-order valence-corrected chi connectivity index (χ2v) is 10.2. The maximum Gasteiger partial charge on any atom is 0.254 e. The van der Waals surface area contributed by atoms with Crippen molar-refractivity contribution in [1.82, 2.24) is 25.2 Å². The van der Waals surface area contributed by atoms with Gasteiger partial charge in [0, 0.05) is 45.2 Å². The molecule has 2 N–H and O–H groups in total. The molecule has 0 spiro atoms. The van der Waals surface area contributed by atoms with Crippen LogP contribution in [0.3, 0.4) is 0 Å². The Bertz CT molecular complexity index is 1410. The van der Waals surface area contributed by atoms with E-state index in [0.717, 1.165) is 66.5 Å². The van der Waals surface area contributed by atoms with Crippen molar-refractivity contribution in [2.45, 2.75) is 39.3 Å². The smallest absolute Gasteiger partial charge is 0.254 e. The molecule has 3 aromatic rings. The Balaban J connectivity index is 1.32. The fourth-order valence-electron chi connectivity index (χ4n) is 5.43. The van der Waals surface area contributed by atoms with Gasteiger partial charge in [0.05, 0.1) is 37.6 Å². The average molecular weight is 517 g/mol. The van der Waals surface area contributed by atoms with Gasteiger partial charge >= 0.3 is 0 Å². The summed E-state index contributed by atoms with van der Waals surface area (Å²) in [5.74, 6) is 1.16. The number of morpholine rings is 1. The third-order valence-electron chi connectivity index (χ3n) is 7.22. The molecular weight excluding hydrogens is 484 g/mol. The van der Waals surface area contributed by atoms with Crippen LogP contribution in [0.2, 0.25) is 0 Å². The number of nitrogens with one attached hydrogen (secondary N) is 2. The number of rotatable bonds is 6. The van der Waals surface area contributed by atoms with Crippen LogP contribution in [0.25, 0.3) is 11.2 Å². The Hall–Kier alpha value is -3.83. The number of carbonyl (C=O) groups excluding carboxylic acids is 2. The topological polar surface area (TPSA) is 119 Å². The van der Waals surface area contributed by atoms with Gasteiger partial charge in [0.15, 0.2) is 11.5 Å². The summed E-state index contributed by atoms with van der Waals surface area (Å²) >= 11 is 0. The third-order valence-corrected chi connectivity index (χ3v) is 7.22. The quantitative estimate of drug-likeness (QED) is 0.514. The average Bonchev–Trinajstić information content (AvgIpc) is 3.62. The molecule has 2 amide bonds. The van der Waals surface area contributed by atoms with Crippen LogP contribution < -0.4 is 15.2 Å². The second-order valence-electron chi connectivity index (χ2n) is 10.2. The zero-order valence-electron chi connectivity index (χ0n) is 21.7. The minimum Gasteiger partial charge on any atom is -0.378 e. The molecule has 0 bridgehead atoms. The number of aromatic amines is 1. The highest BCUT2D eigenvalue weighted by atomic mass is 16.5. The molecule has 1 atom stereocenters. The van der Waals surface area contributed by atoms with Crippen LogP contribution in [0.1, 0.15) is 36.7 Å². The molecule has 2 fully saturated rings. The van der Waals surface area contributed by atoms with Gasteiger partial charge in [0.1, 0.15) is 11.3 Å². The lowest BCUT2D eigenvalue weighted by Crippen LogP contribution is -2.36. The summed E-state index contributed by atoms with van der Waals surface area (Å²) in [6, 6.07) is 10.1. The zero-order chi connectivity index (χ0) is 26.2.